The summed E-state index contributed by atoms with van der Waals surface area (Å²) < 4.78 is 0. The van der Waals surface area contributed by atoms with E-state index in [1.807, 2.05) is 0 Å². The number of hydrogen-bond donors (Lipinski definition) is 1. The standard InChI is InChI=1S/C13H27N3/c1-3-14-13-6-8-16(11-13)10-12-5-7-15(4-2)9-12/h12-14H,3-11H2,1-2H3. The lowest BCUT2D eigenvalue weighted by Crippen LogP contribution is -2.34. The van der Waals surface area contributed by atoms with E-state index >= 15 is 0 Å². The summed E-state index contributed by atoms with van der Waals surface area (Å²) in [5.74, 6) is 0.931. The molecule has 0 aromatic heterocycles. The minimum atomic E-state index is 0.758. The minimum absolute atomic E-state index is 0.758. The van der Waals surface area contributed by atoms with Crippen molar-refractivity contribution in [3.05, 3.63) is 0 Å². The Bertz CT molecular complexity index is 207. The van der Waals surface area contributed by atoms with E-state index in [9.17, 15) is 0 Å². The van der Waals surface area contributed by atoms with E-state index in [2.05, 4.69) is 29.0 Å². The first kappa shape index (κ1) is 12.3. The van der Waals surface area contributed by atoms with E-state index in [1.165, 1.54) is 52.1 Å². The van der Waals surface area contributed by atoms with E-state index in [0.717, 1.165) is 18.5 Å². The van der Waals surface area contributed by atoms with Crippen LogP contribution in [0.15, 0.2) is 0 Å². The van der Waals surface area contributed by atoms with Crippen molar-refractivity contribution in [2.24, 2.45) is 5.92 Å². The van der Waals surface area contributed by atoms with Gasteiger partial charge in [0.05, 0.1) is 0 Å². The molecule has 2 aliphatic rings. The molecule has 2 aliphatic heterocycles. The Balaban J connectivity index is 1.67. The Morgan fingerprint density at radius 1 is 1.06 bits per heavy atom. The van der Waals surface area contributed by atoms with Crippen molar-refractivity contribution in [2.75, 3.05) is 45.8 Å². The molecular weight excluding hydrogens is 198 g/mol. The number of nitrogens with one attached hydrogen (secondary N) is 1. The van der Waals surface area contributed by atoms with E-state index in [-0.39, 0.29) is 0 Å². The van der Waals surface area contributed by atoms with Gasteiger partial charge in [0.15, 0.2) is 0 Å². The Morgan fingerprint density at radius 3 is 2.56 bits per heavy atom. The topological polar surface area (TPSA) is 18.5 Å². The lowest BCUT2D eigenvalue weighted by Gasteiger charge is -2.21. The largest absolute Gasteiger partial charge is 0.313 e. The van der Waals surface area contributed by atoms with Gasteiger partial charge in [-0.15, -0.1) is 0 Å². The van der Waals surface area contributed by atoms with E-state index in [1.54, 1.807) is 0 Å². The van der Waals surface area contributed by atoms with Crippen molar-refractivity contribution in [2.45, 2.75) is 32.7 Å². The lowest BCUT2D eigenvalue weighted by atomic mass is 10.1. The molecule has 94 valence electrons. The van der Waals surface area contributed by atoms with Gasteiger partial charge in [0.2, 0.25) is 0 Å². The third-order valence-electron chi connectivity index (χ3n) is 4.10. The van der Waals surface area contributed by atoms with Crippen LogP contribution in [0.4, 0.5) is 0 Å². The lowest BCUT2D eigenvalue weighted by molar-refractivity contribution is 0.262. The molecule has 0 aromatic carbocycles. The molecule has 2 rings (SSSR count). The van der Waals surface area contributed by atoms with Crippen LogP contribution in [-0.4, -0.2) is 61.7 Å². The summed E-state index contributed by atoms with van der Waals surface area (Å²) in [6.07, 6.45) is 2.76. The predicted octanol–water partition coefficient (Wildman–Crippen LogP) is 1.01. The van der Waals surface area contributed by atoms with Gasteiger partial charge < -0.3 is 15.1 Å². The van der Waals surface area contributed by atoms with Crippen LogP contribution in [-0.2, 0) is 0 Å². The quantitative estimate of drug-likeness (QED) is 0.753. The first-order valence-electron chi connectivity index (χ1n) is 7.00. The van der Waals surface area contributed by atoms with Crippen LogP contribution in [0.25, 0.3) is 0 Å². The first-order chi connectivity index (χ1) is 7.81. The Hall–Kier alpha value is -0.120. The molecule has 0 amide bonds. The Labute approximate surface area is 100 Å². The van der Waals surface area contributed by atoms with Gasteiger partial charge in [0.25, 0.3) is 0 Å². The van der Waals surface area contributed by atoms with Crippen LogP contribution in [0.3, 0.4) is 0 Å². The number of hydrogen-bond acceptors (Lipinski definition) is 3. The molecule has 0 aliphatic carbocycles. The SMILES string of the molecule is CCNC1CCN(CC2CCN(CC)C2)C1. The molecule has 2 atom stereocenters. The van der Waals surface area contributed by atoms with E-state index in [0.29, 0.717) is 0 Å². The average molecular weight is 225 g/mol. The number of likely N-dealkylation sites (N-methyl/N-ethyl adjacent to an activating group) is 1. The molecule has 0 radical (unpaired) electrons. The molecule has 2 saturated heterocycles. The van der Waals surface area contributed by atoms with Crippen LogP contribution in [0, 0.1) is 5.92 Å². The highest BCUT2D eigenvalue weighted by atomic mass is 15.2. The fraction of sp³-hybridized carbons (Fsp3) is 1.00. The summed E-state index contributed by atoms with van der Waals surface area (Å²) >= 11 is 0. The third-order valence-corrected chi connectivity index (χ3v) is 4.10. The molecule has 0 bridgehead atoms. The highest BCUT2D eigenvalue weighted by Crippen LogP contribution is 2.19. The van der Waals surface area contributed by atoms with Crippen molar-refractivity contribution < 1.29 is 0 Å². The Morgan fingerprint density at radius 2 is 1.88 bits per heavy atom. The van der Waals surface area contributed by atoms with E-state index < -0.39 is 0 Å². The zero-order chi connectivity index (χ0) is 11.4. The molecular formula is C13H27N3. The summed E-state index contributed by atoms with van der Waals surface area (Å²) in [5.41, 5.74) is 0. The zero-order valence-electron chi connectivity index (χ0n) is 10.9. The van der Waals surface area contributed by atoms with Crippen LogP contribution in [0.1, 0.15) is 26.7 Å². The summed E-state index contributed by atoms with van der Waals surface area (Å²) in [4.78, 5) is 5.25. The number of nitrogens with zero attached hydrogens (tertiary/aromatic N) is 2. The normalized spacial score (nSPS) is 32.6. The maximum atomic E-state index is 3.57. The number of rotatable bonds is 5. The molecule has 16 heavy (non-hydrogen) atoms. The summed E-state index contributed by atoms with van der Waals surface area (Å²) in [7, 11) is 0. The summed E-state index contributed by atoms with van der Waals surface area (Å²) in [5, 5.41) is 3.57. The monoisotopic (exact) mass is 225 g/mol. The smallest absolute Gasteiger partial charge is 0.0207 e. The first-order valence-corrected chi connectivity index (χ1v) is 7.00. The van der Waals surface area contributed by atoms with Gasteiger partial charge >= 0.3 is 0 Å². The van der Waals surface area contributed by atoms with Gasteiger partial charge in [-0.05, 0) is 44.9 Å². The third kappa shape index (κ3) is 3.19. The molecule has 0 spiro atoms. The highest BCUT2D eigenvalue weighted by Gasteiger charge is 2.27. The Kier molecular flexibility index (Phi) is 4.62. The average Bonchev–Trinajstić information content (AvgIpc) is 2.89. The summed E-state index contributed by atoms with van der Waals surface area (Å²) in [6, 6.07) is 0.758. The minimum Gasteiger partial charge on any atom is -0.313 e. The van der Waals surface area contributed by atoms with Gasteiger partial charge in [0.1, 0.15) is 0 Å². The van der Waals surface area contributed by atoms with E-state index in [4.69, 9.17) is 0 Å². The van der Waals surface area contributed by atoms with Gasteiger partial charge in [-0.25, -0.2) is 0 Å². The van der Waals surface area contributed by atoms with Crippen molar-refractivity contribution in [3.63, 3.8) is 0 Å². The maximum Gasteiger partial charge on any atom is 0.0207 e. The van der Waals surface area contributed by atoms with Crippen LogP contribution < -0.4 is 5.32 Å². The van der Waals surface area contributed by atoms with Crippen LogP contribution in [0.2, 0.25) is 0 Å². The van der Waals surface area contributed by atoms with Crippen LogP contribution in [0.5, 0.6) is 0 Å². The van der Waals surface area contributed by atoms with Crippen molar-refractivity contribution in [3.8, 4) is 0 Å². The second-order valence-electron chi connectivity index (χ2n) is 5.35. The zero-order valence-corrected chi connectivity index (χ0v) is 10.9. The fourth-order valence-electron chi connectivity index (χ4n) is 3.17. The predicted molar refractivity (Wildman–Crippen MR) is 68.7 cm³/mol. The molecule has 1 N–H and O–H groups in total. The molecule has 0 aromatic rings. The second-order valence-corrected chi connectivity index (χ2v) is 5.35. The molecule has 3 nitrogen and oxygen atoms in total. The fourth-order valence-corrected chi connectivity index (χ4v) is 3.17. The molecule has 2 heterocycles. The molecule has 2 unspecified atom stereocenters. The van der Waals surface area contributed by atoms with Crippen molar-refractivity contribution in [1.82, 2.24) is 15.1 Å². The summed E-state index contributed by atoms with van der Waals surface area (Å²) in [6.45, 7) is 13.4. The maximum absolute atomic E-state index is 3.57. The highest BCUT2D eigenvalue weighted by molar-refractivity contribution is 4.84. The van der Waals surface area contributed by atoms with Crippen LogP contribution >= 0.6 is 0 Å². The van der Waals surface area contributed by atoms with Gasteiger partial charge in [-0.1, -0.05) is 13.8 Å². The molecule has 3 heteroatoms. The second kappa shape index (κ2) is 5.99. The van der Waals surface area contributed by atoms with Gasteiger partial charge in [-0.2, -0.15) is 0 Å². The molecule has 2 fully saturated rings. The number of likely N-dealkylation sites (tertiary alicyclic amines) is 2. The van der Waals surface area contributed by atoms with Crippen molar-refractivity contribution in [1.29, 1.82) is 0 Å². The van der Waals surface area contributed by atoms with Gasteiger partial charge in [0, 0.05) is 25.7 Å². The van der Waals surface area contributed by atoms with Crippen molar-refractivity contribution >= 4 is 0 Å². The molecule has 0 saturated carbocycles. The van der Waals surface area contributed by atoms with Gasteiger partial charge in [-0.3, -0.25) is 0 Å².